The molecular formula is C27H29N5O2. The number of rotatable bonds is 5. The normalized spacial score (nSPS) is 17.9. The van der Waals surface area contributed by atoms with E-state index < -0.39 is 5.92 Å². The average molecular weight is 456 g/mol. The summed E-state index contributed by atoms with van der Waals surface area (Å²) in [4.78, 5) is 29.6. The summed E-state index contributed by atoms with van der Waals surface area (Å²) in [5.41, 5.74) is 5.49. The van der Waals surface area contributed by atoms with Crippen LogP contribution in [0.4, 0.5) is 17.2 Å². The summed E-state index contributed by atoms with van der Waals surface area (Å²) in [6.07, 6.45) is 2.60. The first-order valence-electron chi connectivity index (χ1n) is 11.9. The number of carbonyl (C=O) groups excluding carboxylic acids is 2. The number of amides is 2. The first kappa shape index (κ1) is 22.1. The third-order valence-corrected chi connectivity index (χ3v) is 6.80. The molecule has 1 N–H and O–H groups in total. The van der Waals surface area contributed by atoms with Crippen LogP contribution in [-0.2, 0) is 9.59 Å². The van der Waals surface area contributed by atoms with E-state index in [1.165, 1.54) is 18.4 Å². The van der Waals surface area contributed by atoms with Gasteiger partial charge in [-0.1, -0.05) is 18.2 Å². The molecule has 0 radical (unpaired) electrons. The summed E-state index contributed by atoms with van der Waals surface area (Å²) in [6, 6.07) is 17.5. The summed E-state index contributed by atoms with van der Waals surface area (Å²) in [5, 5.41) is 11.8. The van der Waals surface area contributed by atoms with Crippen LogP contribution >= 0.6 is 0 Å². The Hall–Kier alpha value is -3.74. The second-order valence-corrected chi connectivity index (χ2v) is 9.21. The molecule has 0 aliphatic carbocycles. The van der Waals surface area contributed by atoms with Crippen LogP contribution in [0.25, 0.3) is 11.3 Å². The van der Waals surface area contributed by atoms with E-state index >= 15 is 0 Å². The van der Waals surface area contributed by atoms with Crippen molar-refractivity contribution in [1.29, 1.82) is 0 Å². The van der Waals surface area contributed by atoms with Gasteiger partial charge in [0.1, 0.15) is 0 Å². The molecule has 1 unspecified atom stereocenters. The van der Waals surface area contributed by atoms with E-state index in [2.05, 4.69) is 20.4 Å². The maximum absolute atomic E-state index is 13.0. The second-order valence-electron chi connectivity index (χ2n) is 9.21. The minimum atomic E-state index is -0.391. The van der Waals surface area contributed by atoms with Gasteiger partial charge in [-0.25, -0.2) is 0 Å². The largest absolute Gasteiger partial charge is 0.355 e. The third-order valence-electron chi connectivity index (χ3n) is 6.80. The van der Waals surface area contributed by atoms with Gasteiger partial charge in [-0.2, -0.15) is 0 Å². The van der Waals surface area contributed by atoms with Crippen molar-refractivity contribution >= 4 is 29.0 Å². The van der Waals surface area contributed by atoms with Crippen molar-refractivity contribution in [1.82, 2.24) is 10.2 Å². The SMILES string of the molecule is Cc1ccc(N2CC(C(=O)Nc3cccc(-c4ccc(N5CCCC5)nn4)c3)CC2=O)cc1C. The molecule has 2 aliphatic heterocycles. The van der Waals surface area contributed by atoms with Gasteiger partial charge in [0.15, 0.2) is 5.82 Å². The third kappa shape index (κ3) is 4.51. The zero-order valence-electron chi connectivity index (χ0n) is 19.6. The van der Waals surface area contributed by atoms with Crippen LogP contribution in [0, 0.1) is 19.8 Å². The Bertz CT molecular complexity index is 1220. The van der Waals surface area contributed by atoms with Crippen molar-refractivity contribution < 1.29 is 9.59 Å². The molecule has 3 aromatic rings. The molecule has 2 amide bonds. The lowest BCUT2D eigenvalue weighted by Gasteiger charge is -2.18. The molecule has 7 heteroatoms. The molecule has 2 aliphatic rings. The van der Waals surface area contributed by atoms with Gasteiger partial charge >= 0.3 is 0 Å². The quantitative estimate of drug-likeness (QED) is 0.619. The van der Waals surface area contributed by atoms with Crippen LogP contribution < -0.4 is 15.1 Å². The molecule has 2 aromatic carbocycles. The molecule has 5 rings (SSSR count). The fraction of sp³-hybridized carbons (Fsp3) is 0.333. The molecular weight excluding hydrogens is 426 g/mol. The Labute approximate surface area is 199 Å². The van der Waals surface area contributed by atoms with Crippen molar-refractivity contribution in [2.75, 3.05) is 34.8 Å². The Morgan fingerprint density at radius 1 is 0.971 bits per heavy atom. The van der Waals surface area contributed by atoms with Gasteiger partial charge in [0.05, 0.1) is 11.6 Å². The highest BCUT2D eigenvalue weighted by molar-refractivity contribution is 6.03. The molecule has 1 aromatic heterocycles. The minimum absolute atomic E-state index is 0.0227. The summed E-state index contributed by atoms with van der Waals surface area (Å²) in [5.74, 6) is 0.347. The molecule has 3 heterocycles. The summed E-state index contributed by atoms with van der Waals surface area (Å²) < 4.78 is 0. The van der Waals surface area contributed by atoms with Gasteiger partial charge in [0.25, 0.3) is 0 Å². The van der Waals surface area contributed by atoms with E-state index in [0.717, 1.165) is 41.4 Å². The number of aryl methyl sites for hydroxylation is 2. The number of hydrogen-bond donors (Lipinski definition) is 1. The van der Waals surface area contributed by atoms with Crippen molar-refractivity contribution in [3.63, 3.8) is 0 Å². The van der Waals surface area contributed by atoms with E-state index in [1.54, 1.807) is 4.90 Å². The zero-order chi connectivity index (χ0) is 23.7. The van der Waals surface area contributed by atoms with E-state index in [-0.39, 0.29) is 18.2 Å². The molecule has 0 bridgehead atoms. The van der Waals surface area contributed by atoms with Crippen LogP contribution in [0.1, 0.15) is 30.4 Å². The number of anilines is 3. The molecule has 0 saturated carbocycles. The minimum Gasteiger partial charge on any atom is -0.355 e. The second kappa shape index (κ2) is 9.25. The van der Waals surface area contributed by atoms with Crippen molar-refractivity contribution in [2.24, 2.45) is 5.92 Å². The number of nitrogens with zero attached hydrogens (tertiary/aromatic N) is 4. The Balaban J connectivity index is 1.26. The molecule has 1 atom stereocenters. The van der Waals surface area contributed by atoms with Crippen LogP contribution in [0.5, 0.6) is 0 Å². The van der Waals surface area contributed by atoms with Crippen LogP contribution in [0.2, 0.25) is 0 Å². The maximum atomic E-state index is 13.0. The van der Waals surface area contributed by atoms with Gasteiger partial charge in [0.2, 0.25) is 11.8 Å². The van der Waals surface area contributed by atoms with E-state index in [0.29, 0.717) is 12.2 Å². The molecule has 2 fully saturated rings. The van der Waals surface area contributed by atoms with Gasteiger partial charge in [-0.05, 0) is 74.2 Å². The highest BCUT2D eigenvalue weighted by atomic mass is 16.2. The van der Waals surface area contributed by atoms with Crippen LogP contribution in [-0.4, -0.2) is 41.6 Å². The van der Waals surface area contributed by atoms with Gasteiger partial charge in [-0.3, -0.25) is 9.59 Å². The average Bonchev–Trinajstić information content (AvgIpc) is 3.52. The maximum Gasteiger partial charge on any atom is 0.229 e. The number of benzene rings is 2. The predicted octanol–water partition coefficient (Wildman–Crippen LogP) is 4.35. The lowest BCUT2D eigenvalue weighted by Crippen LogP contribution is -2.28. The van der Waals surface area contributed by atoms with E-state index in [9.17, 15) is 9.59 Å². The van der Waals surface area contributed by atoms with Crippen molar-refractivity contribution in [2.45, 2.75) is 33.1 Å². The number of carbonyl (C=O) groups is 2. The van der Waals surface area contributed by atoms with E-state index in [1.807, 2.05) is 68.4 Å². The highest BCUT2D eigenvalue weighted by Crippen LogP contribution is 2.28. The predicted molar refractivity (Wildman–Crippen MR) is 134 cm³/mol. The molecule has 0 spiro atoms. The standard InChI is InChI=1S/C27H29N5O2/c1-18-8-9-23(14-19(18)2)32-17-21(16-26(32)33)27(34)28-22-7-5-6-20(15-22)24-10-11-25(30-29-24)31-12-3-4-13-31/h5-11,14-15,21H,3-4,12-13,16-17H2,1-2H3,(H,28,34). The van der Waals surface area contributed by atoms with Crippen LogP contribution in [0.3, 0.4) is 0 Å². The molecule has 2 saturated heterocycles. The number of hydrogen-bond acceptors (Lipinski definition) is 5. The van der Waals surface area contributed by atoms with E-state index in [4.69, 9.17) is 0 Å². The fourth-order valence-corrected chi connectivity index (χ4v) is 4.62. The highest BCUT2D eigenvalue weighted by Gasteiger charge is 2.35. The summed E-state index contributed by atoms with van der Waals surface area (Å²) in [6.45, 7) is 6.51. The van der Waals surface area contributed by atoms with Crippen LogP contribution in [0.15, 0.2) is 54.6 Å². The summed E-state index contributed by atoms with van der Waals surface area (Å²) in [7, 11) is 0. The lowest BCUT2D eigenvalue weighted by molar-refractivity contribution is -0.122. The molecule has 34 heavy (non-hydrogen) atoms. The fourth-order valence-electron chi connectivity index (χ4n) is 4.62. The zero-order valence-corrected chi connectivity index (χ0v) is 19.6. The smallest absolute Gasteiger partial charge is 0.229 e. The van der Waals surface area contributed by atoms with Gasteiger partial charge in [-0.15, -0.1) is 10.2 Å². The van der Waals surface area contributed by atoms with Gasteiger partial charge < -0.3 is 15.1 Å². The monoisotopic (exact) mass is 455 g/mol. The van der Waals surface area contributed by atoms with Crippen molar-refractivity contribution in [3.8, 4) is 11.3 Å². The number of aromatic nitrogens is 2. The Kier molecular flexibility index (Phi) is 6.01. The summed E-state index contributed by atoms with van der Waals surface area (Å²) >= 11 is 0. The molecule has 174 valence electrons. The first-order valence-corrected chi connectivity index (χ1v) is 11.9. The Morgan fingerprint density at radius 3 is 2.53 bits per heavy atom. The topological polar surface area (TPSA) is 78.4 Å². The first-order chi connectivity index (χ1) is 16.5. The Morgan fingerprint density at radius 2 is 1.79 bits per heavy atom. The lowest BCUT2D eigenvalue weighted by atomic mass is 10.1. The molecule has 7 nitrogen and oxygen atoms in total. The van der Waals surface area contributed by atoms with Crippen molar-refractivity contribution in [3.05, 3.63) is 65.7 Å². The van der Waals surface area contributed by atoms with Gasteiger partial charge in [0, 0.05) is 43.0 Å². The number of nitrogens with one attached hydrogen (secondary N) is 1.